The molecule has 0 aliphatic carbocycles. The quantitative estimate of drug-likeness (QED) is 0.355. The van der Waals surface area contributed by atoms with Gasteiger partial charge in [0.1, 0.15) is 0 Å². The molecule has 0 saturated carbocycles. The minimum atomic E-state index is 0.735. The molecule has 1 aromatic carbocycles. The fraction of sp³-hybridized carbons (Fsp3) is 0.542. The highest BCUT2D eigenvalue weighted by Gasteiger charge is 2.01. The number of rotatable bonds is 13. The van der Waals surface area contributed by atoms with Crippen LogP contribution in [0.15, 0.2) is 42.6 Å². The van der Waals surface area contributed by atoms with Crippen LogP contribution in [0.1, 0.15) is 77.2 Å². The largest absolute Gasteiger partial charge is 0.478 e. The van der Waals surface area contributed by atoms with E-state index in [1.165, 1.54) is 68.9 Å². The lowest BCUT2D eigenvalue weighted by atomic mass is 10.0. The molecule has 0 N–H and O–H groups in total. The Bertz CT molecular complexity index is 589. The highest BCUT2D eigenvalue weighted by Crippen LogP contribution is 2.21. The van der Waals surface area contributed by atoms with Crippen LogP contribution >= 0.6 is 0 Å². The minimum absolute atomic E-state index is 0.735. The first-order valence-corrected chi connectivity index (χ1v) is 10.5. The van der Waals surface area contributed by atoms with Crippen LogP contribution in [0.25, 0.3) is 11.1 Å². The van der Waals surface area contributed by atoms with Gasteiger partial charge in [-0.25, -0.2) is 4.98 Å². The molecule has 0 saturated heterocycles. The van der Waals surface area contributed by atoms with Gasteiger partial charge in [0.25, 0.3) is 0 Å². The summed E-state index contributed by atoms with van der Waals surface area (Å²) < 4.78 is 5.77. The standard InChI is InChI=1S/C24H35NO/c1-3-5-7-8-9-11-19-26-24-18-17-23(20-25-24)22-15-13-21(14-16-22)12-10-6-4-2/h13-18,20H,3-12,19H2,1-2H3. The van der Waals surface area contributed by atoms with Crippen molar-refractivity contribution in [2.24, 2.45) is 0 Å². The molecular weight excluding hydrogens is 318 g/mol. The predicted octanol–water partition coefficient (Wildman–Crippen LogP) is 7.22. The molecule has 0 atom stereocenters. The van der Waals surface area contributed by atoms with Gasteiger partial charge in [0, 0.05) is 17.8 Å². The van der Waals surface area contributed by atoms with E-state index in [2.05, 4.69) is 49.2 Å². The zero-order valence-electron chi connectivity index (χ0n) is 16.7. The third-order valence-electron chi connectivity index (χ3n) is 4.84. The molecule has 0 radical (unpaired) electrons. The maximum atomic E-state index is 5.77. The predicted molar refractivity (Wildman–Crippen MR) is 112 cm³/mol. The molecule has 26 heavy (non-hydrogen) atoms. The van der Waals surface area contributed by atoms with E-state index in [1.807, 2.05) is 12.3 Å². The maximum Gasteiger partial charge on any atom is 0.213 e. The topological polar surface area (TPSA) is 22.1 Å². The highest BCUT2D eigenvalue weighted by molar-refractivity contribution is 5.62. The summed E-state index contributed by atoms with van der Waals surface area (Å²) in [4.78, 5) is 4.46. The second-order valence-electron chi connectivity index (χ2n) is 7.16. The van der Waals surface area contributed by atoms with Crippen LogP contribution in [0.4, 0.5) is 0 Å². The van der Waals surface area contributed by atoms with Crippen molar-refractivity contribution in [2.75, 3.05) is 6.61 Å². The van der Waals surface area contributed by atoms with E-state index < -0.39 is 0 Å². The first-order chi connectivity index (χ1) is 12.8. The average Bonchev–Trinajstić information content (AvgIpc) is 2.69. The van der Waals surface area contributed by atoms with Crippen LogP contribution < -0.4 is 4.74 Å². The minimum Gasteiger partial charge on any atom is -0.478 e. The Morgan fingerprint density at radius 3 is 2.04 bits per heavy atom. The Hall–Kier alpha value is -1.83. The summed E-state index contributed by atoms with van der Waals surface area (Å²) >= 11 is 0. The van der Waals surface area contributed by atoms with Crippen LogP contribution in [0, 0.1) is 0 Å². The maximum absolute atomic E-state index is 5.77. The molecule has 0 fully saturated rings. The number of aryl methyl sites for hydroxylation is 1. The summed E-state index contributed by atoms with van der Waals surface area (Å²) in [6.45, 7) is 5.27. The number of aromatic nitrogens is 1. The van der Waals surface area contributed by atoms with Crippen molar-refractivity contribution in [1.29, 1.82) is 0 Å². The van der Waals surface area contributed by atoms with Crippen molar-refractivity contribution in [3.63, 3.8) is 0 Å². The van der Waals surface area contributed by atoms with E-state index in [0.717, 1.165) is 24.5 Å². The van der Waals surface area contributed by atoms with E-state index in [-0.39, 0.29) is 0 Å². The second-order valence-corrected chi connectivity index (χ2v) is 7.16. The lowest BCUT2D eigenvalue weighted by molar-refractivity contribution is 0.293. The normalized spacial score (nSPS) is 10.8. The summed E-state index contributed by atoms with van der Waals surface area (Å²) in [6.07, 6.45) is 14.7. The Morgan fingerprint density at radius 2 is 1.35 bits per heavy atom. The molecule has 0 bridgehead atoms. The summed E-state index contributed by atoms with van der Waals surface area (Å²) in [5, 5.41) is 0. The average molecular weight is 354 g/mol. The van der Waals surface area contributed by atoms with Crippen LogP contribution in [-0.4, -0.2) is 11.6 Å². The third kappa shape index (κ3) is 7.59. The van der Waals surface area contributed by atoms with Gasteiger partial charge < -0.3 is 4.74 Å². The van der Waals surface area contributed by atoms with Gasteiger partial charge in [-0.2, -0.15) is 0 Å². The molecule has 0 unspecified atom stereocenters. The zero-order valence-corrected chi connectivity index (χ0v) is 16.7. The molecule has 0 amide bonds. The fourth-order valence-corrected chi connectivity index (χ4v) is 3.14. The van der Waals surface area contributed by atoms with Crippen molar-refractivity contribution in [2.45, 2.75) is 78.1 Å². The summed E-state index contributed by atoms with van der Waals surface area (Å²) in [7, 11) is 0. The number of nitrogens with zero attached hydrogens (tertiary/aromatic N) is 1. The van der Waals surface area contributed by atoms with Gasteiger partial charge in [-0.3, -0.25) is 0 Å². The number of hydrogen-bond acceptors (Lipinski definition) is 2. The van der Waals surface area contributed by atoms with E-state index in [0.29, 0.717) is 0 Å². The first-order valence-electron chi connectivity index (χ1n) is 10.5. The van der Waals surface area contributed by atoms with Gasteiger partial charge in [0.2, 0.25) is 5.88 Å². The smallest absolute Gasteiger partial charge is 0.213 e. The van der Waals surface area contributed by atoms with Crippen LogP contribution in [0.3, 0.4) is 0 Å². The van der Waals surface area contributed by atoms with E-state index >= 15 is 0 Å². The molecule has 2 aromatic rings. The Balaban J connectivity index is 1.74. The van der Waals surface area contributed by atoms with Crippen molar-refractivity contribution in [1.82, 2.24) is 4.98 Å². The fourth-order valence-electron chi connectivity index (χ4n) is 3.14. The van der Waals surface area contributed by atoms with Crippen molar-refractivity contribution < 1.29 is 4.74 Å². The number of unbranched alkanes of at least 4 members (excludes halogenated alkanes) is 7. The van der Waals surface area contributed by atoms with Gasteiger partial charge in [0.15, 0.2) is 0 Å². The number of hydrogen-bond donors (Lipinski definition) is 0. The molecular formula is C24H35NO. The van der Waals surface area contributed by atoms with Gasteiger partial charge >= 0.3 is 0 Å². The summed E-state index contributed by atoms with van der Waals surface area (Å²) in [5.41, 5.74) is 3.80. The van der Waals surface area contributed by atoms with Gasteiger partial charge in [-0.1, -0.05) is 83.1 Å². The molecule has 2 heteroatoms. The van der Waals surface area contributed by atoms with E-state index in [1.54, 1.807) is 0 Å². The molecule has 2 nitrogen and oxygen atoms in total. The molecule has 1 aromatic heterocycles. The number of pyridine rings is 1. The highest BCUT2D eigenvalue weighted by atomic mass is 16.5. The molecule has 142 valence electrons. The molecule has 2 rings (SSSR count). The van der Waals surface area contributed by atoms with Crippen molar-refractivity contribution >= 4 is 0 Å². The Morgan fingerprint density at radius 1 is 0.692 bits per heavy atom. The van der Waals surface area contributed by atoms with Gasteiger partial charge in [-0.05, 0) is 36.5 Å². The van der Waals surface area contributed by atoms with E-state index in [4.69, 9.17) is 4.74 Å². The Labute approximate surface area is 160 Å². The Kier molecular flexibility index (Phi) is 9.86. The number of ether oxygens (including phenoxy) is 1. The summed E-state index contributed by atoms with van der Waals surface area (Å²) in [6, 6.07) is 13.0. The molecule has 1 heterocycles. The van der Waals surface area contributed by atoms with Gasteiger partial charge in [-0.15, -0.1) is 0 Å². The van der Waals surface area contributed by atoms with Crippen LogP contribution in [0.5, 0.6) is 5.88 Å². The van der Waals surface area contributed by atoms with Crippen LogP contribution in [-0.2, 0) is 6.42 Å². The first kappa shape index (κ1) is 20.5. The van der Waals surface area contributed by atoms with Crippen LogP contribution in [0.2, 0.25) is 0 Å². The second kappa shape index (κ2) is 12.5. The molecule has 0 aliphatic rings. The lowest BCUT2D eigenvalue weighted by Gasteiger charge is -2.07. The number of benzene rings is 1. The summed E-state index contributed by atoms with van der Waals surface area (Å²) in [5.74, 6) is 0.735. The van der Waals surface area contributed by atoms with Crippen molar-refractivity contribution in [3.8, 4) is 17.0 Å². The van der Waals surface area contributed by atoms with E-state index in [9.17, 15) is 0 Å². The molecule has 0 spiro atoms. The van der Waals surface area contributed by atoms with Crippen molar-refractivity contribution in [3.05, 3.63) is 48.2 Å². The third-order valence-corrected chi connectivity index (χ3v) is 4.84. The lowest BCUT2D eigenvalue weighted by Crippen LogP contribution is -1.99. The zero-order chi connectivity index (χ0) is 18.5. The monoisotopic (exact) mass is 353 g/mol. The SMILES string of the molecule is CCCCCCCCOc1ccc(-c2ccc(CCCCC)cc2)cn1. The molecule has 0 aliphatic heterocycles. The van der Waals surface area contributed by atoms with Gasteiger partial charge in [0.05, 0.1) is 6.61 Å².